The van der Waals surface area contributed by atoms with Gasteiger partial charge in [0.1, 0.15) is 5.75 Å². The summed E-state index contributed by atoms with van der Waals surface area (Å²) in [6.07, 6.45) is 1.06. The van der Waals surface area contributed by atoms with Crippen LogP contribution in [0.2, 0.25) is 0 Å². The van der Waals surface area contributed by atoms with Crippen LogP contribution in [0.3, 0.4) is 0 Å². The second-order valence-corrected chi connectivity index (χ2v) is 5.73. The Kier molecular flexibility index (Phi) is 8.66. The van der Waals surface area contributed by atoms with E-state index in [1.54, 1.807) is 7.11 Å². The van der Waals surface area contributed by atoms with Gasteiger partial charge in [0.2, 0.25) is 5.91 Å². The van der Waals surface area contributed by atoms with Gasteiger partial charge in [-0.2, -0.15) is 0 Å². The number of nitrogens with zero attached hydrogens (tertiary/aromatic N) is 2. The Hall–Kier alpha value is -1.59. The molecule has 0 fully saturated rings. The standard InChI is InChI=1S/C18H31N3O2/c1-6-21(7-2)14-10-13-20(4)15(3)18(22)19-16-11-8-9-12-17(16)23-5/h8-9,11-12,15H,6-7,10,13-14H2,1-5H3,(H,19,22)/t15-/m0/s1. The van der Waals surface area contributed by atoms with Crippen molar-refractivity contribution in [2.45, 2.75) is 33.2 Å². The van der Waals surface area contributed by atoms with Crippen LogP contribution in [-0.4, -0.2) is 62.1 Å². The fraction of sp³-hybridized carbons (Fsp3) is 0.611. The molecular weight excluding hydrogens is 290 g/mol. The van der Waals surface area contributed by atoms with Crippen molar-refractivity contribution in [1.29, 1.82) is 0 Å². The maximum atomic E-state index is 12.4. The zero-order valence-corrected chi connectivity index (χ0v) is 15.1. The van der Waals surface area contributed by atoms with Gasteiger partial charge in [0.25, 0.3) is 0 Å². The van der Waals surface area contributed by atoms with Crippen molar-refractivity contribution in [3.05, 3.63) is 24.3 Å². The van der Waals surface area contributed by atoms with Gasteiger partial charge in [0.15, 0.2) is 0 Å². The summed E-state index contributed by atoms with van der Waals surface area (Å²) in [4.78, 5) is 16.9. The molecule has 0 unspecified atom stereocenters. The van der Waals surface area contributed by atoms with Crippen LogP contribution in [0.25, 0.3) is 0 Å². The first-order valence-corrected chi connectivity index (χ1v) is 8.39. The third-order valence-electron chi connectivity index (χ3n) is 4.29. The van der Waals surface area contributed by atoms with Gasteiger partial charge < -0.3 is 15.0 Å². The topological polar surface area (TPSA) is 44.8 Å². The van der Waals surface area contributed by atoms with Crippen molar-refractivity contribution in [3.8, 4) is 5.75 Å². The number of anilines is 1. The van der Waals surface area contributed by atoms with Crippen LogP contribution in [0.4, 0.5) is 5.69 Å². The van der Waals surface area contributed by atoms with E-state index in [2.05, 4.69) is 29.0 Å². The number of benzene rings is 1. The quantitative estimate of drug-likeness (QED) is 0.720. The van der Waals surface area contributed by atoms with Crippen molar-refractivity contribution >= 4 is 11.6 Å². The third kappa shape index (κ3) is 6.20. The van der Waals surface area contributed by atoms with Gasteiger partial charge in [0, 0.05) is 0 Å². The fourth-order valence-electron chi connectivity index (χ4n) is 2.46. The molecule has 0 saturated carbocycles. The fourth-order valence-corrected chi connectivity index (χ4v) is 2.46. The van der Waals surface area contributed by atoms with Crippen molar-refractivity contribution in [3.63, 3.8) is 0 Å². The predicted octanol–water partition coefficient (Wildman–Crippen LogP) is 2.69. The smallest absolute Gasteiger partial charge is 0.241 e. The first-order chi connectivity index (χ1) is 11.0. The molecule has 1 amide bonds. The normalized spacial score (nSPS) is 12.5. The first-order valence-electron chi connectivity index (χ1n) is 8.39. The maximum Gasteiger partial charge on any atom is 0.241 e. The summed E-state index contributed by atoms with van der Waals surface area (Å²) in [6.45, 7) is 10.4. The van der Waals surface area contributed by atoms with Crippen LogP contribution < -0.4 is 10.1 Å². The molecule has 0 saturated heterocycles. The molecule has 5 heteroatoms. The van der Waals surface area contributed by atoms with E-state index in [9.17, 15) is 4.79 Å². The van der Waals surface area contributed by atoms with Crippen molar-refractivity contribution in [2.75, 3.05) is 45.7 Å². The summed E-state index contributed by atoms with van der Waals surface area (Å²) in [5.74, 6) is 0.664. The Bertz CT molecular complexity index is 475. The summed E-state index contributed by atoms with van der Waals surface area (Å²) in [6, 6.07) is 7.28. The van der Waals surface area contributed by atoms with Gasteiger partial charge in [-0.3, -0.25) is 9.69 Å². The monoisotopic (exact) mass is 321 g/mol. The van der Waals surface area contributed by atoms with Crippen LogP contribution in [0, 0.1) is 0 Å². The van der Waals surface area contributed by atoms with E-state index in [1.165, 1.54) is 0 Å². The lowest BCUT2D eigenvalue weighted by Gasteiger charge is -2.25. The van der Waals surface area contributed by atoms with Crippen LogP contribution in [-0.2, 0) is 4.79 Å². The van der Waals surface area contributed by atoms with Gasteiger partial charge in [0.05, 0.1) is 18.8 Å². The zero-order valence-electron chi connectivity index (χ0n) is 15.1. The van der Waals surface area contributed by atoms with E-state index in [-0.39, 0.29) is 11.9 Å². The lowest BCUT2D eigenvalue weighted by molar-refractivity contribution is -0.120. The number of para-hydroxylation sites is 2. The Morgan fingerprint density at radius 1 is 1.22 bits per heavy atom. The van der Waals surface area contributed by atoms with Gasteiger partial charge >= 0.3 is 0 Å². The zero-order chi connectivity index (χ0) is 17.2. The summed E-state index contributed by atoms with van der Waals surface area (Å²) >= 11 is 0. The lowest BCUT2D eigenvalue weighted by atomic mass is 10.2. The molecule has 0 radical (unpaired) electrons. The molecule has 0 spiro atoms. The molecule has 0 heterocycles. The molecule has 0 aromatic heterocycles. The summed E-state index contributed by atoms with van der Waals surface area (Å²) in [5, 5.41) is 2.95. The number of rotatable bonds is 10. The van der Waals surface area contributed by atoms with Gasteiger partial charge in [-0.05, 0) is 58.7 Å². The molecule has 0 aliphatic heterocycles. The largest absolute Gasteiger partial charge is 0.495 e. The number of amides is 1. The number of carbonyl (C=O) groups excluding carboxylic acids is 1. The minimum Gasteiger partial charge on any atom is -0.495 e. The number of carbonyl (C=O) groups is 1. The average Bonchev–Trinajstić information content (AvgIpc) is 2.58. The molecule has 5 nitrogen and oxygen atoms in total. The van der Waals surface area contributed by atoms with Crippen molar-refractivity contribution in [2.24, 2.45) is 0 Å². The van der Waals surface area contributed by atoms with Crippen LogP contribution >= 0.6 is 0 Å². The van der Waals surface area contributed by atoms with E-state index < -0.39 is 0 Å². The second-order valence-electron chi connectivity index (χ2n) is 5.73. The highest BCUT2D eigenvalue weighted by Gasteiger charge is 2.19. The second kappa shape index (κ2) is 10.2. The minimum absolute atomic E-state index is 0.0140. The molecule has 1 N–H and O–H groups in total. The molecule has 1 aromatic rings. The van der Waals surface area contributed by atoms with Crippen LogP contribution in [0.5, 0.6) is 5.75 Å². The molecule has 1 atom stereocenters. The summed E-state index contributed by atoms with van der Waals surface area (Å²) in [5.41, 5.74) is 0.711. The van der Waals surface area contributed by atoms with Gasteiger partial charge in [-0.25, -0.2) is 0 Å². The summed E-state index contributed by atoms with van der Waals surface area (Å²) < 4.78 is 5.27. The Morgan fingerprint density at radius 3 is 2.48 bits per heavy atom. The number of methoxy groups -OCH3 is 1. The lowest BCUT2D eigenvalue weighted by Crippen LogP contribution is -2.41. The minimum atomic E-state index is -0.184. The average molecular weight is 321 g/mol. The first kappa shape index (κ1) is 19.5. The van der Waals surface area contributed by atoms with E-state index >= 15 is 0 Å². The Labute approximate surface area is 140 Å². The molecule has 23 heavy (non-hydrogen) atoms. The highest BCUT2D eigenvalue weighted by molar-refractivity contribution is 5.95. The Balaban J connectivity index is 2.49. The van der Waals surface area contributed by atoms with Gasteiger partial charge in [-0.15, -0.1) is 0 Å². The number of ether oxygens (including phenoxy) is 1. The molecule has 1 aromatic carbocycles. The van der Waals surface area contributed by atoms with E-state index in [0.717, 1.165) is 32.6 Å². The molecule has 0 bridgehead atoms. The van der Waals surface area contributed by atoms with Crippen molar-refractivity contribution < 1.29 is 9.53 Å². The van der Waals surface area contributed by atoms with E-state index in [4.69, 9.17) is 4.74 Å². The number of hydrogen-bond donors (Lipinski definition) is 1. The Morgan fingerprint density at radius 2 is 1.87 bits per heavy atom. The highest BCUT2D eigenvalue weighted by Crippen LogP contribution is 2.23. The predicted molar refractivity (Wildman–Crippen MR) is 96.1 cm³/mol. The van der Waals surface area contributed by atoms with E-state index in [0.29, 0.717) is 11.4 Å². The molecule has 0 aliphatic rings. The van der Waals surface area contributed by atoms with Crippen molar-refractivity contribution in [1.82, 2.24) is 9.80 Å². The molecular formula is C18H31N3O2. The molecule has 0 aliphatic carbocycles. The van der Waals surface area contributed by atoms with Crippen LogP contribution in [0.15, 0.2) is 24.3 Å². The number of likely N-dealkylation sites (N-methyl/N-ethyl adjacent to an activating group) is 1. The number of hydrogen-bond acceptors (Lipinski definition) is 4. The number of nitrogens with one attached hydrogen (secondary N) is 1. The maximum absolute atomic E-state index is 12.4. The van der Waals surface area contributed by atoms with Gasteiger partial charge in [-0.1, -0.05) is 26.0 Å². The summed E-state index contributed by atoms with van der Waals surface area (Å²) in [7, 11) is 3.60. The highest BCUT2D eigenvalue weighted by atomic mass is 16.5. The third-order valence-corrected chi connectivity index (χ3v) is 4.29. The molecule has 130 valence electrons. The SMILES string of the molecule is CCN(CC)CCCN(C)[C@@H](C)C(=O)Nc1ccccc1OC. The van der Waals surface area contributed by atoms with Crippen LogP contribution in [0.1, 0.15) is 27.2 Å². The van der Waals surface area contributed by atoms with E-state index in [1.807, 2.05) is 38.2 Å². The molecule has 1 rings (SSSR count).